The third kappa shape index (κ3) is 3.09. The second kappa shape index (κ2) is 6.78. The highest BCUT2D eigenvalue weighted by molar-refractivity contribution is 5.94. The number of phenolic OH excluding ortho intramolecular Hbond substituents is 1. The summed E-state index contributed by atoms with van der Waals surface area (Å²) < 4.78 is 0. The quantitative estimate of drug-likeness (QED) is 0.854. The molecule has 6 rings (SSSR count). The molecular formula is C23H30N2O3. The molecule has 0 spiro atoms. The summed E-state index contributed by atoms with van der Waals surface area (Å²) in [6, 6.07) is 6.53. The fraction of sp³-hybridized carbons (Fsp3) is 0.652. The number of rotatable bonds is 2. The zero-order valence-corrected chi connectivity index (χ0v) is 16.5. The Kier molecular flexibility index (Phi) is 4.37. The standard InChI is InChI=1S/C23H30N2O3/c26-20-4-1-3-19(12-20)21(27)24-5-2-6-25(8-7-24)22(28)23-13-16-9-17(14-23)11-18(10-16)15-23/h1,3-4,12,16-18,26H,2,5-11,13-15H2. The van der Waals surface area contributed by atoms with Crippen molar-refractivity contribution in [3.8, 4) is 5.75 Å². The third-order valence-corrected chi connectivity index (χ3v) is 7.66. The molecule has 4 bridgehead atoms. The second-order valence-electron chi connectivity index (χ2n) is 9.69. The van der Waals surface area contributed by atoms with Crippen LogP contribution in [-0.2, 0) is 4.79 Å². The van der Waals surface area contributed by atoms with E-state index in [1.807, 2.05) is 4.90 Å². The van der Waals surface area contributed by atoms with Gasteiger partial charge in [0, 0.05) is 31.7 Å². The predicted octanol–water partition coefficient (Wildman–Crippen LogP) is 3.28. The number of hydrogen-bond donors (Lipinski definition) is 1. The summed E-state index contributed by atoms with van der Waals surface area (Å²) in [4.78, 5) is 30.3. The molecule has 5 fully saturated rings. The van der Waals surface area contributed by atoms with Crippen molar-refractivity contribution in [2.24, 2.45) is 23.2 Å². The highest BCUT2D eigenvalue weighted by Gasteiger charge is 2.55. The van der Waals surface area contributed by atoms with Crippen molar-refractivity contribution in [2.45, 2.75) is 44.9 Å². The Balaban J connectivity index is 1.27. The number of carbonyl (C=O) groups is 2. The van der Waals surface area contributed by atoms with Crippen LogP contribution in [0, 0.1) is 23.2 Å². The van der Waals surface area contributed by atoms with E-state index in [1.165, 1.54) is 25.3 Å². The van der Waals surface area contributed by atoms with Crippen LogP contribution >= 0.6 is 0 Å². The predicted molar refractivity (Wildman–Crippen MR) is 106 cm³/mol. The van der Waals surface area contributed by atoms with Gasteiger partial charge < -0.3 is 14.9 Å². The lowest BCUT2D eigenvalue weighted by molar-refractivity contribution is -0.157. The van der Waals surface area contributed by atoms with Gasteiger partial charge in [0.1, 0.15) is 5.75 Å². The highest BCUT2D eigenvalue weighted by atomic mass is 16.3. The third-order valence-electron chi connectivity index (χ3n) is 7.66. The number of hydrogen-bond acceptors (Lipinski definition) is 3. The first kappa shape index (κ1) is 18.0. The molecule has 5 nitrogen and oxygen atoms in total. The van der Waals surface area contributed by atoms with Crippen molar-refractivity contribution < 1.29 is 14.7 Å². The molecule has 0 atom stereocenters. The van der Waals surface area contributed by atoms with Crippen LogP contribution in [0.3, 0.4) is 0 Å². The molecule has 5 heteroatoms. The van der Waals surface area contributed by atoms with Crippen LogP contribution in [0.2, 0.25) is 0 Å². The number of aromatic hydroxyl groups is 1. The molecule has 2 amide bonds. The van der Waals surface area contributed by atoms with Gasteiger partial charge in [-0.1, -0.05) is 6.07 Å². The lowest BCUT2D eigenvalue weighted by atomic mass is 9.49. The summed E-state index contributed by atoms with van der Waals surface area (Å²) in [5.41, 5.74) is 0.417. The Morgan fingerprint density at radius 2 is 1.50 bits per heavy atom. The Labute approximate surface area is 166 Å². The molecule has 1 saturated heterocycles. The van der Waals surface area contributed by atoms with E-state index < -0.39 is 0 Å². The number of carbonyl (C=O) groups excluding carboxylic acids is 2. The summed E-state index contributed by atoms with van der Waals surface area (Å²) in [5.74, 6) is 2.74. The minimum absolute atomic E-state index is 0.0556. The summed E-state index contributed by atoms with van der Waals surface area (Å²) in [5, 5.41) is 9.66. The molecule has 0 aromatic heterocycles. The van der Waals surface area contributed by atoms with Gasteiger partial charge in [0.05, 0.1) is 5.41 Å². The first-order valence-corrected chi connectivity index (χ1v) is 10.9. The molecule has 1 aromatic rings. The highest BCUT2D eigenvalue weighted by Crippen LogP contribution is 2.60. The van der Waals surface area contributed by atoms with Gasteiger partial charge in [0.2, 0.25) is 5.91 Å². The molecule has 0 radical (unpaired) electrons. The average Bonchev–Trinajstić information content (AvgIpc) is 2.92. The smallest absolute Gasteiger partial charge is 0.254 e. The molecular weight excluding hydrogens is 352 g/mol. The zero-order valence-electron chi connectivity index (χ0n) is 16.5. The van der Waals surface area contributed by atoms with Crippen LogP contribution in [0.4, 0.5) is 0 Å². The number of amides is 2. The summed E-state index contributed by atoms with van der Waals surface area (Å²) in [7, 11) is 0. The number of nitrogens with zero attached hydrogens (tertiary/aromatic N) is 2. The van der Waals surface area contributed by atoms with Gasteiger partial charge in [-0.2, -0.15) is 0 Å². The molecule has 1 aromatic carbocycles. The Hall–Kier alpha value is -2.04. The lowest BCUT2D eigenvalue weighted by Gasteiger charge is -2.56. The van der Waals surface area contributed by atoms with Crippen molar-refractivity contribution in [1.29, 1.82) is 0 Å². The molecule has 5 aliphatic rings. The second-order valence-corrected chi connectivity index (χ2v) is 9.69. The lowest BCUT2D eigenvalue weighted by Crippen LogP contribution is -2.55. The van der Waals surface area contributed by atoms with Crippen molar-refractivity contribution in [1.82, 2.24) is 9.80 Å². The van der Waals surface area contributed by atoms with Gasteiger partial charge in [-0.15, -0.1) is 0 Å². The number of benzene rings is 1. The van der Waals surface area contributed by atoms with Gasteiger partial charge in [0.15, 0.2) is 0 Å². The van der Waals surface area contributed by atoms with E-state index >= 15 is 0 Å². The molecule has 1 N–H and O–H groups in total. The van der Waals surface area contributed by atoms with Gasteiger partial charge >= 0.3 is 0 Å². The van der Waals surface area contributed by atoms with E-state index in [4.69, 9.17) is 0 Å². The SMILES string of the molecule is O=C(c1cccc(O)c1)N1CCCN(C(=O)C23CC4CC(CC(C4)C2)C3)CC1. The molecule has 150 valence electrons. The summed E-state index contributed by atoms with van der Waals surface area (Å²) in [6.07, 6.45) is 8.15. The summed E-state index contributed by atoms with van der Waals surface area (Å²) >= 11 is 0. The van der Waals surface area contributed by atoms with Gasteiger partial charge in [0.25, 0.3) is 5.91 Å². The minimum Gasteiger partial charge on any atom is -0.508 e. The average molecular weight is 383 g/mol. The van der Waals surface area contributed by atoms with Crippen molar-refractivity contribution in [3.05, 3.63) is 29.8 Å². The van der Waals surface area contributed by atoms with Gasteiger partial charge in [-0.05, 0) is 80.9 Å². The molecule has 0 unspecified atom stereocenters. The largest absolute Gasteiger partial charge is 0.508 e. The molecule has 4 aliphatic carbocycles. The maximum Gasteiger partial charge on any atom is 0.254 e. The van der Waals surface area contributed by atoms with Gasteiger partial charge in [-0.25, -0.2) is 0 Å². The Morgan fingerprint density at radius 3 is 2.14 bits per heavy atom. The van der Waals surface area contributed by atoms with E-state index in [1.54, 1.807) is 18.2 Å². The summed E-state index contributed by atoms with van der Waals surface area (Å²) in [6.45, 7) is 2.63. The molecule has 1 aliphatic heterocycles. The van der Waals surface area contributed by atoms with Crippen LogP contribution in [0.1, 0.15) is 55.3 Å². The first-order valence-electron chi connectivity index (χ1n) is 10.9. The maximum absolute atomic E-state index is 13.6. The van der Waals surface area contributed by atoms with E-state index in [0.717, 1.165) is 50.0 Å². The van der Waals surface area contributed by atoms with Crippen molar-refractivity contribution in [3.63, 3.8) is 0 Å². The topological polar surface area (TPSA) is 60.9 Å². The van der Waals surface area contributed by atoms with Crippen LogP contribution in [-0.4, -0.2) is 52.9 Å². The Bertz CT molecular complexity index is 755. The van der Waals surface area contributed by atoms with E-state index in [-0.39, 0.29) is 17.1 Å². The normalized spacial score (nSPS) is 34.4. The van der Waals surface area contributed by atoms with Crippen molar-refractivity contribution in [2.75, 3.05) is 26.2 Å². The van der Waals surface area contributed by atoms with E-state index in [2.05, 4.69) is 4.90 Å². The minimum atomic E-state index is -0.0981. The number of phenols is 1. The molecule has 28 heavy (non-hydrogen) atoms. The fourth-order valence-electron chi connectivity index (χ4n) is 6.85. The van der Waals surface area contributed by atoms with Crippen LogP contribution < -0.4 is 0 Å². The van der Waals surface area contributed by atoms with Crippen LogP contribution in [0.5, 0.6) is 5.75 Å². The molecule has 4 saturated carbocycles. The zero-order chi connectivity index (χ0) is 19.3. The van der Waals surface area contributed by atoms with E-state index in [0.29, 0.717) is 31.1 Å². The fourth-order valence-corrected chi connectivity index (χ4v) is 6.85. The van der Waals surface area contributed by atoms with Crippen LogP contribution in [0.15, 0.2) is 24.3 Å². The van der Waals surface area contributed by atoms with E-state index in [9.17, 15) is 14.7 Å². The van der Waals surface area contributed by atoms with Gasteiger partial charge in [-0.3, -0.25) is 9.59 Å². The van der Waals surface area contributed by atoms with Crippen molar-refractivity contribution >= 4 is 11.8 Å². The molecule has 1 heterocycles. The maximum atomic E-state index is 13.6. The Morgan fingerprint density at radius 1 is 0.893 bits per heavy atom. The first-order chi connectivity index (χ1) is 13.5. The van der Waals surface area contributed by atoms with Crippen LogP contribution in [0.25, 0.3) is 0 Å². The monoisotopic (exact) mass is 382 g/mol.